The molecule has 1 aliphatic heterocycles. The van der Waals surface area contributed by atoms with Crippen molar-refractivity contribution in [2.24, 2.45) is 11.8 Å². The van der Waals surface area contributed by atoms with Gasteiger partial charge in [0.25, 0.3) is 0 Å². The van der Waals surface area contributed by atoms with Crippen molar-refractivity contribution in [1.29, 1.82) is 0 Å². The number of carbonyl (C=O) groups excluding carboxylic acids is 1. The van der Waals surface area contributed by atoms with Crippen LogP contribution < -0.4 is 5.32 Å². The molecule has 94 valence electrons. The van der Waals surface area contributed by atoms with Crippen LogP contribution >= 0.6 is 0 Å². The zero-order valence-corrected chi connectivity index (χ0v) is 9.76. The van der Waals surface area contributed by atoms with Crippen LogP contribution in [0.1, 0.15) is 25.7 Å². The first-order valence-corrected chi connectivity index (χ1v) is 6.11. The molecule has 0 bridgehead atoms. The van der Waals surface area contributed by atoms with E-state index in [9.17, 15) is 9.59 Å². The summed E-state index contributed by atoms with van der Waals surface area (Å²) in [6.07, 6.45) is 7.27. The molecular weight excluding hydrogens is 220 g/mol. The molecule has 2 amide bonds. The van der Waals surface area contributed by atoms with Gasteiger partial charge >= 0.3 is 12.0 Å². The number of aliphatic carboxylic acids is 1. The highest BCUT2D eigenvalue weighted by atomic mass is 16.4. The molecule has 0 aromatic rings. The van der Waals surface area contributed by atoms with Crippen LogP contribution in [0.3, 0.4) is 0 Å². The Morgan fingerprint density at radius 1 is 1.18 bits per heavy atom. The second-order valence-electron chi connectivity index (χ2n) is 4.75. The predicted octanol–water partition coefficient (Wildman–Crippen LogP) is 1.42. The minimum absolute atomic E-state index is 0.120. The molecule has 2 aliphatic rings. The molecule has 0 aromatic heterocycles. The summed E-state index contributed by atoms with van der Waals surface area (Å²) in [4.78, 5) is 24.1. The molecule has 1 heterocycles. The maximum atomic E-state index is 11.7. The summed E-state index contributed by atoms with van der Waals surface area (Å²) in [7, 11) is 0. The lowest BCUT2D eigenvalue weighted by molar-refractivity contribution is -0.143. The van der Waals surface area contributed by atoms with Crippen molar-refractivity contribution in [1.82, 2.24) is 10.2 Å². The van der Waals surface area contributed by atoms with Gasteiger partial charge in [-0.3, -0.25) is 4.79 Å². The van der Waals surface area contributed by atoms with Crippen molar-refractivity contribution in [3.63, 3.8) is 0 Å². The zero-order chi connectivity index (χ0) is 12.3. The van der Waals surface area contributed by atoms with Gasteiger partial charge in [-0.2, -0.15) is 0 Å². The average molecular weight is 238 g/mol. The van der Waals surface area contributed by atoms with E-state index in [0.717, 1.165) is 0 Å². The van der Waals surface area contributed by atoms with Crippen molar-refractivity contribution < 1.29 is 14.7 Å². The number of likely N-dealkylation sites (tertiary alicyclic amines) is 1. The maximum absolute atomic E-state index is 11.7. The maximum Gasteiger partial charge on any atom is 0.321 e. The monoisotopic (exact) mass is 238 g/mol. The molecular formula is C12H18N2O3. The van der Waals surface area contributed by atoms with E-state index >= 15 is 0 Å². The molecule has 2 fully saturated rings. The number of carboxylic acid groups (broad SMARTS) is 1. The third-order valence-corrected chi connectivity index (χ3v) is 3.33. The fourth-order valence-corrected chi connectivity index (χ4v) is 1.96. The van der Waals surface area contributed by atoms with Crippen molar-refractivity contribution in [2.45, 2.75) is 25.7 Å². The van der Waals surface area contributed by atoms with E-state index in [1.54, 1.807) is 11.1 Å². The van der Waals surface area contributed by atoms with Crippen LogP contribution in [-0.2, 0) is 4.79 Å². The van der Waals surface area contributed by atoms with Gasteiger partial charge in [0, 0.05) is 19.3 Å². The van der Waals surface area contributed by atoms with Gasteiger partial charge < -0.3 is 15.3 Å². The van der Waals surface area contributed by atoms with Crippen LogP contribution in [0.5, 0.6) is 0 Å². The van der Waals surface area contributed by atoms with Crippen molar-refractivity contribution in [3.05, 3.63) is 12.3 Å². The highest BCUT2D eigenvalue weighted by Gasteiger charge is 2.26. The van der Waals surface area contributed by atoms with Gasteiger partial charge in [-0.05, 0) is 31.6 Å². The number of nitrogens with one attached hydrogen (secondary N) is 1. The number of rotatable bonds is 3. The normalized spacial score (nSPS) is 21.8. The molecule has 17 heavy (non-hydrogen) atoms. The number of carboxylic acids is 1. The Morgan fingerprint density at radius 2 is 1.82 bits per heavy atom. The number of allylic oxidation sites excluding steroid dienone is 1. The topological polar surface area (TPSA) is 69.6 Å². The summed E-state index contributed by atoms with van der Waals surface area (Å²) in [6, 6.07) is -0.120. The molecule has 1 saturated carbocycles. The molecule has 1 aliphatic carbocycles. The van der Waals surface area contributed by atoms with Crippen LogP contribution in [0.25, 0.3) is 0 Å². The van der Waals surface area contributed by atoms with Gasteiger partial charge in [-0.1, -0.05) is 6.08 Å². The Labute approximate surface area is 100 Å². The van der Waals surface area contributed by atoms with Crippen LogP contribution in [0.15, 0.2) is 12.3 Å². The molecule has 0 spiro atoms. The third-order valence-electron chi connectivity index (χ3n) is 3.33. The summed E-state index contributed by atoms with van der Waals surface area (Å²) >= 11 is 0. The first kappa shape index (κ1) is 12.0. The van der Waals surface area contributed by atoms with Gasteiger partial charge in [0.1, 0.15) is 0 Å². The SMILES string of the molecule is O=C(O)C1CCN(C(=O)N/C=C/C2CC2)CC1. The number of hydrogen-bond donors (Lipinski definition) is 2. The first-order valence-electron chi connectivity index (χ1n) is 6.11. The Kier molecular flexibility index (Phi) is 3.66. The fourth-order valence-electron chi connectivity index (χ4n) is 1.96. The second-order valence-corrected chi connectivity index (χ2v) is 4.75. The van der Waals surface area contributed by atoms with E-state index in [2.05, 4.69) is 5.32 Å². The summed E-state index contributed by atoms with van der Waals surface area (Å²) in [5.41, 5.74) is 0. The number of hydrogen-bond acceptors (Lipinski definition) is 2. The number of amides is 2. The number of piperidine rings is 1. The second kappa shape index (κ2) is 5.21. The molecule has 0 unspecified atom stereocenters. The summed E-state index contributed by atoms with van der Waals surface area (Å²) < 4.78 is 0. The first-order chi connectivity index (χ1) is 8.16. The minimum atomic E-state index is -0.751. The number of nitrogens with zero attached hydrogens (tertiary/aromatic N) is 1. The fraction of sp³-hybridized carbons (Fsp3) is 0.667. The average Bonchev–Trinajstić information content (AvgIpc) is 3.13. The third kappa shape index (κ3) is 3.47. The van der Waals surface area contributed by atoms with Gasteiger partial charge in [0.15, 0.2) is 0 Å². The van der Waals surface area contributed by atoms with Gasteiger partial charge in [0.05, 0.1) is 5.92 Å². The van der Waals surface area contributed by atoms with Crippen LogP contribution in [0.2, 0.25) is 0 Å². The van der Waals surface area contributed by atoms with Crippen LogP contribution in [0, 0.1) is 11.8 Å². The lowest BCUT2D eigenvalue weighted by Crippen LogP contribution is -2.44. The van der Waals surface area contributed by atoms with E-state index in [1.165, 1.54) is 12.8 Å². The Bertz CT molecular complexity index is 329. The van der Waals surface area contributed by atoms with Crippen LogP contribution in [0.4, 0.5) is 4.79 Å². The molecule has 5 heteroatoms. The number of carbonyl (C=O) groups is 2. The summed E-state index contributed by atoms with van der Waals surface area (Å²) in [5.74, 6) is -0.396. The van der Waals surface area contributed by atoms with Gasteiger partial charge in [-0.25, -0.2) is 4.79 Å². The Morgan fingerprint density at radius 3 is 2.35 bits per heavy atom. The summed E-state index contributed by atoms with van der Waals surface area (Å²) in [5, 5.41) is 11.6. The van der Waals surface area contributed by atoms with Crippen LogP contribution in [-0.4, -0.2) is 35.1 Å². The minimum Gasteiger partial charge on any atom is -0.481 e. The largest absolute Gasteiger partial charge is 0.481 e. The highest BCUT2D eigenvalue weighted by Crippen LogP contribution is 2.29. The van der Waals surface area contributed by atoms with E-state index in [0.29, 0.717) is 31.8 Å². The van der Waals surface area contributed by atoms with E-state index in [4.69, 9.17) is 5.11 Å². The molecule has 0 radical (unpaired) electrons. The number of urea groups is 1. The molecule has 2 rings (SSSR count). The lowest BCUT2D eigenvalue weighted by atomic mass is 9.97. The Hall–Kier alpha value is -1.52. The lowest BCUT2D eigenvalue weighted by Gasteiger charge is -2.29. The van der Waals surface area contributed by atoms with E-state index in [-0.39, 0.29) is 11.9 Å². The van der Waals surface area contributed by atoms with E-state index in [1.807, 2.05) is 6.08 Å². The van der Waals surface area contributed by atoms with Crippen molar-refractivity contribution >= 4 is 12.0 Å². The quantitative estimate of drug-likeness (QED) is 0.781. The molecule has 1 saturated heterocycles. The molecule has 2 N–H and O–H groups in total. The molecule has 5 nitrogen and oxygen atoms in total. The summed E-state index contributed by atoms with van der Waals surface area (Å²) in [6.45, 7) is 1.06. The smallest absolute Gasteiger partial charge is 0.321 e. The molecule has 0 atom stereocenters. The standard InChI is InChI=1S/C12H18N2O3/c15-11(16)10-4-7-14(8-5-10)12(17)13-6-3-9-1-2-9/h3,6,9-10H,1-2,4-5,7-8H2,(H,13,17)(H,15,16)/b6-3+. The molecule has 0 aromatic carbocycles. The van der Waals surface area contributed by atoms with Gasteiger partial charge in [0.2, 0.25) is 0 Å². The Balaban J connectivity index is 1.71. The van der Waals surface area contributed by atoms with Crippen molar-refractivity contribution in [2.75, 3.05) is 13.1 Å². The van der Waals surface area contributed by atoms with Gasteiger partial charge in [-0.15, -0.1) is 0 Å². The zero-order valence-electron chi connectivity index (χ0n) is 9.76. The van der Waals surface area contributed by atoms with Crippen molar-refractivity contribution in [3.8, 4) is 0 Å². The van der Waals surface area contributed by atoms with E-state index < -0.39 is 5.97 Å². The highest BCUT2D eigenvalue weighted by molar-refractivity contribution is 5.76. The predicted molar refractivity (Wildman–Crippen MR) is 62.3 cm³/mol.